The molecule has 0 radical (unpaired) electrons. The molecule has 2 rings (SSSR count). The van der Waals surface area contributed by atoms with Crippen LogP contribution in [0.3, 0.4) is 0 Å². The van der Waals surface area contributed by atoms with Gasteiger partial charge in [-0.3, -0.25) is 0 Å². The quantitative estimate of drug-likeness (QED) is 0.681. The van der Waals surface area contributed by atoms with Gasteiger partial charge in [-0.05, 0) is 25.2 Å². The van der Waals surface area contributed by atoms with E-state index in [4.69, 9.17) is 0 Å². The Morgan fingerprint density at radius 3 is 3.08 bits per heavy atom. The molecule has 0 aliphatic heterocycles. The summed E-state index contributed by atoms with van der Waals surface area (Å²) in [5.41, 5.74) is 0. The largest absolute Gasteiger partial charge is 0.249 e. The van der Waals surface area contributed by atoms with Crippen LogP contribution in [0, 0.1) is 5.92 Å². The number of nitrogens with zero attached hydrogens (tertiary/aromatic N) is 1. The highest BCUT2D eigenvalue weighted by Crippen LogP contribution is 2.40. The van der Waals surface area contributed by atoms with Crippen LogP contribution < -0.4 is 0 Å². The van der Waals surface area contributed by atoms with Crippen molar-refractivity contribution in [1.29, 1.82) is 0 Å². The molecule has 1 aliphatic rings. The summed E-state index contributed by atoms with van der Waals surface area (Å²) in [6.07, 6.45) is 7.44. The average molecular weight is 181 g/mol. The monoisotopic (exact) mass is 181 g/mol. The van der Waals surface area contributed by atoms with Gasteiger partial charge in [-0.2, -0.15) is 0 Å². The minimum Gasteiger partial charge on any atom is -0.249 e. The van der Waals surface area contributed by atoms with Crippen LogP contribution in [0.5, 0.6) is 0 Å². The van der Waals surface area contributed by atoms with Crippen LogP contribution in [0.2, 0.25) is 0 Å². The topological polar surface area (TPSA) is 12.9 Å². The maximum atomic E-state index is 4.39. The van der Waals surface area contributed by atoms with E-state index in [9.17, 15) is 0 Å². The third-order valence-corrected chi connectivity index (χ3v) is 3.86. The molecule has 1 aliphatic carbocycles. The normalized spacial score (nSPS) is 29.4. The summed E-state index contributed by atoms with van der Waals surface area (Å²) in [7, 11) is 0. The molecule has 0 bridgehead atoms. The van der Waals surface area contributed by atoms with Crippen molar-refractivity contribution in [2.45, 2.75) is 38.5 Å². The Kier molecular flexibility index (Phi) is 2.45. The van der Waals surface area contributed by atoms with Crippen LogP contribution in [0.1, 0.15) is 43.5 Å². The fourth-order valence-corrected chi connectivity index (χ4v) is 2.90. The summed E-state index contributed by atoms with van der Waals surface area (Å²) in [4.78, 5) is 4.39. The Hall–Kier alpha value is -0.370. The number of thiazole rings is 1. The van der Waals surface area contributed by atoms with Gasteiger partial charge in [-0.1, -0.05) is 13.3 Å². The van der Waals surface area contributed by atoms with Gasteiger partial charge >= 0.3 is 0 Å². The lowest BCUT2D eigenvalue weighted by atomic mass is 10.0. The van der Waals surface area contributed by atoms with Crippen LogP contribution >= 0.6 is 11.3 Å². The maximum absolute atomic E-state index is 4.39. The van der Waals surface area contributed by atoms with E-state index in [0.717, 1.165) is 11.8 Å². The lowest BCUT2D eigenvalue weighted by molar-refractivity contribution is 0.521. The molecule has 66 valence electrons. The van der Waals surface area contributed by atoms with E-state index in [1.807, 2.05) is 17.5 Å². The summed E-state index contributed by atoms with van der Waals surface area (Å²) in [6, 6.07) is 0. The lowest BCUT2D eigenvalue weighted by Gasteiger charge is -2.05. The standard InChI is InChI=1S/C10H15NS/c1-2-8-3-4-9(7-8)10-11-5-6-12-10/h5-6,8-9H,2-4,7H2,1H3. The molecule has 1 aromatic rings. The van der Waals surface area contributed by atoms with Gasteiger partial charge in [-0.25, -0.2) is 4.98 Å². The predicted octanol–water partition coefficient (Wildman–Crippen LogP) is 3.44. The number of hydrogen-bond acceptors (Lipinski definition) is 2. The van der Waals surface area contributed by atoms with Crippen molar-refractivity contribution in [3.63, 3.8) is 0 Å². The maximum Gasteiger partial charge on any atom is 0.0955 e. The molecule has 1 heterocycles. The van der Waals surface area contributed by atoms with E-state index in [1.165, 1.54) is 30.7 Å². The summed E-state index contributed by atoms with van der Waals surface area (Å²) in [5, 5.41) is 3.46. The van der Waals surface area contributed by atoms with Gasteiger partial charge in [0.2, 0.25) is 0 Å². The average Bonchev–Trinajstić information content (AvgIpc) is 2.75. The van der Waals surface area contributed by atoms with Gasteiger partial charge in [0, 0.05) is 17.5 Å². The number of aromatic nitrogens is 1. The first-order valence-corrected chi connectivity index (χ1v) is 5.67. The Balaban J connectivity index is 2.00. The third-order valence-electron chi connectivity index (χ3n) is 2.92. The van der Waals surface area contributed by atoms with Crippen molar-refractivity contribution in [3.8, 4) is 0 Å². The molecule has 1 aromatic heterocycles. The third kappa shape index (κ3) is 1.53. The molecule has 2 unspecified atom stereocenters. The highest BCUT2D eigenvalue weighted by atomic mass is 32.1. The molecule has 1 saturated carbocycles. The lowest BCUT2D eigenvalue weighted by Crippen LogP contribution is -1.93. The van der Waals surface area contributed by atoms with Crippen molar-refractivity contribution in [2.24, 2.45) is 5.92 Å². The SMILES string of the molecule is CCC1CCC(c2nccs2)C1. The Labute approximate surface area is 77.8 Å². The van der Waals surface area contributed by atoms with E-state index >= 15 is 0 Å². The minimum atomic E-state index is 0.787. The molecule has 2 atom stereocenters. The number of rotatable bonds is 2. The Morgan fingerprint density at radius 2 is 2.50 bits per heavy atom. The van der Waals surface area contributed by atoms with Crippen LogP contribution in [0.4, 0.5) is 0 Å². The van der Waals surface area contributed by atoms with Gasteiger partial charge in [0.15, 0.2) is 0 Å². The van der Waals surface area contributed by atoms with Gasteiger partial charge in [-0.15, -0.1) is 11.3 Å². The van der Waals surface area contributed by atoms with E-state index in [-0.39, 0.29) is 0 Å². The van der Waals surface area contributed by atoms with E-state index < -0.39 is 0 Å². The van der Waals surface area contributed by atoms with Crippen molar-refractivity contribution in [3.05, 3.63) is 16.6 Å². The van der Waals surface area contributed by atoms with Crippen LogP contribution in [0.15, 0.2) is 11.6 Å². The highest BCUT2D eigenvalue weighted by molar-refractivity contribution is 7.09. The van der Waals surface area contributed by atoms with Gasteiger partial charge in [0.05, 0.1) is 5.01 Å². The van der Waals surface area contributed by atoms with Crippen LogP contribution in [-0.2, 0) is 0 Å². The second-order valence-corrected chi connectivity index (χ2v) is 4.58. The van der Waals surface area contributed by atoms with Crippen molar-refractivity contribution in [1.82, 2.24) is 4.98 Å². The van der Waals surface area contributed by atoms with E-state index in [0.29, 0.717) is 0 Å². The van der Waals surface area contributed by atoms with Gasteiger partial charge < -0.3 is 0 Å². The van der Waals surface area contributed by atoms with Crippen molar-refractivity contribution >= 4 is 11.3 Å². The molecule has 0 saturated heterocycles. The van der Waals surface area contributed by atoms with E-state index in [1.54, 1.807) is 0 Å². The molecule has 12 heavy (non-hydrogen) atoms. The zero-order valence-electron chi connectivity index (χ0n) is 7.49. The molecule has 0 aromatic carbocycles. The first-order valence-electron chi connectivity index (χ1n) is 4.79. The van der Waals surface area contributed by atoms with Gasteiger partial charge in [0.1, 0.15) is 0 Å². The predicted molar refractivity (Wildman–Crippen MR) is 52.5 cm³/mol. The number of hydrogen-bond donors (Lipinski definition) is 0. The molecule has 1 fully saturated rings. The van der Waals surface area contributed by atoms with Crippen LogP contribution in [0.25, 0.3) is 0 Å². The second-order valence-electron chi connectivity index (χ2n) is 3.65. The van der Waals surface area contributed by atoms with Crippen molar-refractivity contribution < 1.29 is 0 Å². The Morgan fingerprint density at radius 1 is 1.58 bits per heavy atom. The zero-order valence-corrected chi connectivity index (χ0v) is 8.31. The zero-order chi connectivity index (χ0) is 8.39. The first-order chi connectivity index (χ1) is 5.90. The molecular weight excluding hydrogens is 166 g/mol. The smallest absolute Gasteiger partial charge is 0.0955 e. The van der Waals surface area contributed by atoms with Gasteiger partial charge in [0.25, 0.3) is 0 Å². The molecule has 0 N–H and O–H groups in total. The molecule has 0 amide bonds. The summed E-state index contributed by atoms with van der Waals surface area (Å²) in [5.74, 6) is 1.76. The fraction of sp³-hybridized carbons (Fsp3) is 0.700. The Bertz CT molecular complexity index is 230. The van der Waals surface area contributed by atoms with Crippen LogP contribution in [-0.4, -0.2) is 4.98 Å². The van der Waals surface area contributed by atoms with Crippen molar-refractivity contribution in [2.75, 3.05) is 0 Å². The molecule has 2 heteroatoms. The summed E-state index contributed by atoms with van der Waals surface area (Å²) in [6.45, 7) is 2.30. The molecular formula is C10H15NS. The minimum absolute atomic E-state index is 0.787. The summed E-state index contributed by atoms with van der Waals surface area (Å²) >= 11 is 1.82. The molecule has 0 spiro atoms. The second kappa shape index (κ2) is 3.56. The molecule has 1 nitrogen and oxygen atoms in total. The highest BCUT2D eigenvalue weighted by Gasteiger charge is 2.25. The fourth-order valence-electron chi connectivity index (χ4n) is 2.11. The van der Waals surface area contributed by atoms with E-state index in [2.05, 4.69) is 17.3 Å². The summed E-state index contributed by atoms with van der Waals surface area (Å²) < 4.78 is 0. The first kappa shape index (κ1) is 8.24.